The van der Waals surface area contributed by atoms with Gasteiger partial charge in [0.2, 0.25) is 0 Å². The van der Waals surface area contributed by atoms with Crippen LogP contribution in [0.1, 0.15) is 49.7 Å². The zero-order chi connectivity index (χ0) is 28.5. The molecule has 43 heavy (non-hydrogen) atoms. The van der Waals surface area contributed by atoms with Gasteiger partial charge < -0.3 is 4.42 Å². The minimum Gasteiger partial charge on any atom is -0.455 e. The first-order valence-corrected chi connectivity index (χ1v) is 15.4. The summed E-state index contributed by atoms with van der Waals surface area (Å²) in [6, 6.07) is 33.1. The molecule has 10 rings (SSSR count). The van der Waals surface area contributed by atoms with Crippen molar-refractivity contribution in [1.29, 1.82) is 5.26 Å². The molecule has 6 aromatic rings. The molecule has 5 heteroatoms. The van der Waals surface area contributed by atoms with Crippen molar-refractivity contribution < 1.29 is 4.42 Å². The summed E-state index contributed by atoms with van der Waals surface area (Å²) in [5.74, 6) is 4.56. The highest BCUT2D eigenvalue weighted by molar-refractivity contribution is 6.13. The maximum Gasteiger partial charge on any atom is 0.164 e. The monoisotopic (exact) mass is 558 g/mol. The molecule has 4 fully saturated rings. The summed E-state index contributed by atoms with van der Waals surface area (Å²) >= 11 is 0. The maximum absolute atomic E-state index is 9.84. The lowest BCUT2D eigenvalue weighted by molar-refractivity contribution is -0.00518. The van der Waals surface area contributed by atoms with Gasteiger partial charge >= 0.3 is 0 Å². The summed E-state index contributed by atoms with van der Waals surface area (Å²) in [5, 5.41) is 11.6. The molecule has 0 radical (unpaired) electrons. The molecule has 0 saturated heterocycles. The quantitative estimate of drug-likeness (QED) is 0.216. The number of hydrogen-bond donors (Lipinski definition) is 0. The van der Waals surface area contributed by atoms with Crippen LogP contribution in [0.15, 0.2) is 95.4 Å². The van der Waals surface area contributed by atoms with Gasteiger partial charge in [0.1, 0.15) is 11.7 Å². The third-order valence-corrected chi connectivity index (χ3v) is 10.3. The molecular weight excluding hydrogens is 528 g/mol. The topological polar surface area (TPSA) is 75.6 Å². The van der Waals surface area contributed by atoms with Crippen molar-refractivity contribution in [3.63, 3.8) is 0 Å². The Morgan fingerprint density at radius 1 is 0.651 bits per heavy atom. The van der Waals surface area contributed by atoms with Gasteiger partial charge in [-0.15, -0.1) is 0 Å². The van der Waals surface area contributed by atoms with Crippen molar-refractivity contribution in [3.05, 3.63) is 102 Å². The highest BCUT2D eigenvalue weighted by Gasteiger charge is 2.51. The fourth-order valence-electron chi connectivity index (χ4n) is 8.88. The molecular formula is C38H30N4O. The van der Waals surface area contributed by atoms with Crippen LogP contribution in [0.2, 0.25) is 0 Å². The molecule has 2 aromatic heterocycles. The molecule has 4 bridgehead atoms. The predicted octanol–water partition coefficient (Wildman–Crippen LogP) is 9.11. The highest BCUT2D eigenvalue weighted by Crippen LogP contribution is 2.60. The van der Waals surface area contributed by atoms with Gasteiger partial charge in [0.05, 0.1) is 5.56 Å². The van der Waals surface area contributed by atoms with E-state index in [1.807, 2.05) is 60.7 Å². The van der Waals surface area contributed by atoms with Crippen LogP contribution in [0, 0.1) is 29.1 Å². The largest absolute Gasteiger partial charge is 0.455 e. The lowest BCUT2D eigenvalue weighted by Crippen LogP contribution is -2.48. The number of furan rings is 1. The van der Waals surface area contributed by atoms with E-state index in [4.69, 9.17) is 19.4 Å². The second kappa shape index (κ2) is 9.34. The summed E-state index contributed by atoms with van der Waals surface area (Å²) < 4.78 is 6.19. The summed E-state index contributed by atoms with van der Waals surface area (Å²) in [6.07, 6.45) is 8.38. The van der Waals surface area contributed by atoms with Crippen LogP contribution < -0.4 is 0 Å². The third kappa shape index (κ3) is 3.93. The van der Waals surface area contributed by atoms with Gasteiger partial charge in [-0.1, -0.05) is 72.8 Å². The van der Waals surface area contributed by atoms with E-state index in [9.17, 15) is 5.26 Å². The molecule has 0 aliphatic heterocycles. The van der Waals surface area contributed by atoms with Crippen molar-refractivity contribution in [1.82, 2.24) is 15.0 Å². The lowest BCUT2D eigenvalue weighted by atomic mass is 9.48. The van der Waals surface area contributed by atoms with Crippen molar-refractivity contribution in [3.8, 4) is 40.2 Å². The minimum absolute atomic E-state index is 0.350. The number of rotatable bonds is 4. The van der Waals surface area contributed by atoms with E-state index in [1.165, 1.54) is 44.1 Å². The number of para-hydroxylation sites is 1. The fourth-order valence-corrected chi connectivity index (χ4v) is 8.88. The van der Waals surface area contributed by atoms with E-state index in [2.05, 4.69) is 30.3 Å². The van der Waals surface area contributed by atoms with Gasteiger partial charge in [-0.2, -0.15) is 5.26 Å². The number of fused-ring (bicyclic) bond motifs is 3. The molecule has 4 aliphatic carbocycles. The number of nitriles is 1. The zero-order valence-corrected chi connectivity index (χ0v) is 23.8. The van der Waals surface area contributed by atoms with Crippen LogP contribution in [-0.2, 0) is 5.41 Å². The van der Waals surface area contributed by atoms with Crippen LogP contribution in [0.3, 0.4) is 0 Å². The molecule has 0 spiro atoms. The molecule has 0 unspecified atom stereocenters. The van der Waals surface area contributed by atoms with Crippen LogP contribution in [0.25, 0.3) is 56.1 Å². The average Bonchev–Trinajstić information content (AvgIpc) is 3.44. The van der Waals surface area contributed by atoms with Gasteiger partial charge in [-0.05, 0) is 85.5 Å². The molecule has 0 amide bonds. The zero-order valence-electron chi connectivity index (χ0n) is 23.8. The van der Waals surface area contributed by atoms with Gasteiger partial charge in [0, 0.05) is 27.5 Å². The summed E-state index contributed by atoms with van der Waals surface area (Å²) in [7, 11) is 0. The standard InChI is InChI=1S/C38H30N4O/c39-22-28-12-15-31(33-30-8-4-5-9-32(30)43-34(28)33)37-41-35(26-6-2-1-3-7-26)40-36(42-37)27-10-13-29(14-11-27)38-19-23-16-24(20-38)18-25(17-23)21-38/h1-15,23-25H,16-21H2/t23-,24+,25-,38?. The molecule has 4 saturated carbocycles. The molecule has 5 nitrogen and oxygen atoms in total. The van der Waals surface area contributed by atoms with E-state index < -0.39 is 0 Å². The molecule has 4 aromatic carbocycles. The Morgan fingerprint density at radius 3 is 1.93 bits per heavy atom. The van der Waals surface area contributed by atoms with Crippen molar-refractivity contribution in [2.45, 2.75) is 43.9 Å². The molecule has 2 heterocycles. The Balaban J connectivity index is 1.20. The predicted molar refractivity (Wildman–Crippen MR) is 168 cm³/mol. The number of benzene rings is 4. The summed E-state index contributed by atoms with van der Waals surface area (Å²) in [6.45, 7) is 0. The molecule has 208 valence electrons. The van der Waals surface area contributed by atoms with Crippen LogP contribution in [0.5, 0.6) is 0 Å². The van der Waals surface area contributed by atoms with Crippen LogP contribution in [-0.4, -0.2) is 15.0 Å². The minimum atomic E-state index is 0.350. The summed E-state index contributed by atoms with van der Waals surface area (Å²) in [4.78, 5) is 15.0. The Kier molecular flexibility index (Phi) is 5.38. The Bertz CT molecular complexity index is 2030. The second-order valence-corrected chi connectivity index (χ2v) is 13.0. The Labute approximate surface area is 250 Å². The highest BCUT2D eigenvalue weighted by atomic mass is 16.3. The first-order chi connectivity index (χ1) is 21.2. The van der Waals surface area contributed by atoms with Gasteiger partial charge in [-0.25, -0.2) is 15.0 Å². The van der Waals surface area contributed by atoms with Crippen LogP contribution >= 0.6 is 0 Å². The molecule has 0 atom stereocenters. The van der Waals surface area contributed by atoms with Gasteiger partial charge in [0.15, 0.2) is 23.1 Å². The van der Waals surface area contributed by atoms with Crippen molar-refractivity contribution in [2.24, 2.45) is 17.8 Å². The maximum atomic E-state index is 9.84. The molecule has 4 aliphatic rings. The summed E-state index contributed by atoms with van der Waals surface area (Å²) in [5.41, 5.74) is 6.37. The SMILES string of the molecule is N#Cc1ccc(-c2nc(-c3ccccc3)nc(-c3ccc(C45C[C@H]6C[C@@H](C4)C[C@@H](C5)C6)cc3)n2)c2c1oc1ccccc12. The average molecular weight is 559 g/mol. The van der Waals surface area contributed by atoms with E-state index in [-0.39, 0.29) is 0 Å². The number of aromatic nitrogens is 3. The van der Waals surface area contributed by atoms with Crippen LogP contribution in [0.4, 0.5) is 0 Å². The van der Waals surface area contributed by atoms with Gasteiger partial charge in [-0.3, -0.25) is 0 Å². The second-order valence-electron chi connectivity index (χ2n) is 13.0. The lowest BCUT2D eigenvalue weighted by Gasteiger charge is -2.57. The smallest absolute Gasteiger partial charge is 0.164 e. The third-order valence-electron chi connectivity index (χ3n) is 10.3. The number of hydrogen-bond acceptors (Lipinski definition) is 5. The first-order valence-electron chi connectivity index (χ1n) is 15.4. The van der Waals surface area contributed by atoms with E-state index in [0.29, 0.717) is 34.0 Å². The first kappa shape index (κ1) is 24.7. The van der Waals surface area contributed by atoms with Gasteiger partial charge in [0.25, 0.3) is 0 Å². The Hall–Kier alpha value is -4.82. The number of nitrogens with zero attached hydrogens (tertiary/aromatic N) is 4. The van der Waals surface area contributed by atoms with Crippen molar-refractivity contribution >= 4 is 21.9 Å². The van der Waals surface area contributed by atoms with Crippen molar-refractivity contribution in [2.75, 3.05) is 0 Å². The van der Waals surface area contributed by atoms with E-state index in [0.717, 1.165) is 50.8 Å². The van der Waals surface area contributed by atoms with E-state index >= 15 is 0 Å². The normalized spacial score (nSPS) is 24.0. The Morgan fingerprint density at radius 2 is 1.26 bits per heavy atom. The van der Waals surface area contributed by atoms with E-state index in [1.54, 1.807) is 6.07 Å². The fraction of sp³-hybridized carbons (Fsp3) is 0.263. The molecule has 0 N–H and O–H groups in total.